The molecule has 1 atom stereocenters. The van der Waals surface area contributed by atoms with Gasteiger partial charge in [0.05, 0.1) is 11.0 Å². The number of nitrogens with zero attached hydrogens (tertiary/aromatic N) is 1. The first kappa shape index (κ1) is 16.7. The Kier molecular flexibility index (Phi) is 4.38. The Morgan fingerprint density at radius 2 is 1.96 bits per heavy atom. The number of rotatable bonds is 4. The molecule has 5 nitrogen and oxygen atoms in total. The Morgan fingerprint density at radius 1 is 1.19 bits per heavy atom. The minimum Gasteiger partial charge on any atom is -0.338 e. The topological polar surface area (TPSA) is 69.8 Å². The number of fused-ring (bicyclic) bond motifs is 1. The molecule has 1 aliphatic rings. The maximum absolute atomic E-state index is 13.3. The van der Waals surface area contributed by atoms with E-state index in [2.05, 4.69) is 20.6 Å². The molecule has 4 rings (SSSR count). The Hall–Kier alpha value is -2.80. The van der Waals surface area contributed by atoms with E-state index in [4.69, 9.17) is 0 Å². The molecule has 0 bridgehead atoms. The largest absolute Gasteiger partial charge is 0.338 e. The fraction of sp³-hybridized carbons (Fsp3) is 0.263. The minimum absolute atomic E-state index is 0.0214. The van der Waals surface area contributed by atoms with Crippen LogP contribution >= 0.6 is 0 Å². The van der Waals surface area contributed by atoms with Gasteiger partial charge in [0.1, 0.15) is 5.82 Å². The van der Waals surface area contributed by atoms with Gasteiger partial charge in [-0.2, -0.15) is 0 Å². The molecule has 0 aliphatic carbocycles. The Morgan fingerprint density at radius 3 is 2.69 bits per heavy atom. The van der Waals surface area contributed by atoms with E-state index in [1.807, 2.05) is 0 Å². The van der Waals surface area contributed by atoms with E-state index < -0.39 is 11.6 Å². The number of amides is 1. The second-order valence-electron chi connectivity index (χ2n) is 6.49. The summed E-state index contributed by atoms with van der Waals surface area (Å²) in [4.78, 5) is 19.3. The van der Waals surface area contributed by atoms with Crippen LogP contribution in [0.1, 0.15) is 19.3 Å². The average molecular weight is 356 g/mol. The summed E-state index contributed by atoms with van der Waals surface area (Å²) in [5, 5.41) is 6.18. The predicted molar refractivity (Wildman–Crippen MR) is 95.7 cm³/mol. The molecule has 7 heteroatoms. The van der Waals surface area contributed by atoms with E-state index >= 15 is 0 Å². The number of hydrogen-bond acceptors (Lipinski definition) is 3. The third-order valence-corrected chi connectivity index (χ3v) is 4.56. The number of carbonyl (C=O) groups is 1. The maximum Gasteiger partial charge on any atom is 0.225 e. The molecule has 3 N–H and O–H groups in total. The second-order valence-corrected chi connectivity index (χ2v) is 6.49. The van der Waals surface area contributed by atoms with Gasteiger partial charge in [-0.25, -0.2) is 13.8 Å². The van der Waals surface area contributed by atoms with Gasteiger partial charge in [-0.1, -0.05) is 0 Å². The second kappa shape index (κ2) is 6.84. The first-order chi connectivity index (χ1) is 12.6. The summed E-state index contributed by atoms with van der Waals surface area (Å²) in [6.45, 7) is 0.970. The fourth-order valence-electron chi connectivity index (χ4n) is 3.22. The van der Waals surface area contributed by atoms with Crippen LogP contribution in [-0.2, 0) is 4.79 Å². The molecule has 2 heterocycles. The van der Waals surface area contributed by atoms with Crippen molar-refractivity contribution < 1.29 is 13.6 Å². The van der Waals surface area contributed by atoms with Crippen LogP contribution in [0.2, 0.25) is 0 Å². The van der Waals surface area contributed by atoms with Crippen LogP contribution in [0.3, 0.4) is 0 Å². The van der Waals surface area contributed by atoms with Crippen molar-refractivity contribution in [2.24, 2.45) is 0 Å². The van der Waals surface area contributed by atoms with Crippen molar-refractivity contribution in [3.05, 3.63) is 48.0 Å². The molecule has 2 aromatic carbocycles. The van der Waals surface area contributed by atoms with Gasteiger partial charge in [-0.05, 0) is 43.7 Å². The van der Waals surface area contributed by atoms with Gasteiger partial charge in [0.15, 0.2) is 11.6 Å². The first-order valence-corrected chi connectivity index (χ1v) is 8.57. The van der Waals surface area contributed by atoms with Crippen molar-refractivity contribution >= 4 is 22.6 Å². The molecular weight excluding hydrogens is 338 g/mol. The van der Waals surface area contributed by atoms with Crippen LogP contribution in [0.4, 0.5) is 14.5 Å². The molecule has 134 valence electrons. The smallest absolute Gasteiger partial charge is 0.225 e. The van der Waals surface area contributed by atoms with Gasteiger partial charge in [-0.15, -0.1) is 0 Å². The minimum atomic E-state index is -0.926. The molecular formula is C19H18F2N4O. The van der Waals surface area contributed by atoms with E-state index in [0.717, 1.165) is 37.1 Å². The summed E-state index contributed by atoms with van der Waals surface area (Å²) in [5.41, 5.74) is 2.25. The highest BCUT2D eigenvalue weighted by atomic mass is 19.2. The number of hydrogen-bond donors (Lipinski definition) is 3. The van der Waals surface area contributed by atoms with Crippen molar-refractivity contribution in [1.29, 1.82) is 0 Å². The Bertz CT molecular complexity index is 907. The van der Waals surface area contributed by atoms with Crippen LogP contribution < -0.4 is 10.6 Å². The molecule has 1 unspecified atom stereocenters. The van der Waals surface area contributed by atoms with Crippen molar-refractivity contribution in [3.8, 4) is 11.4 Å². The fourth-order valence-corrected chi connectivity index (χ4v) is 3.22. The molecule has 1 aliphatic heterocycles. The number of halogens is 2. The van der Waals surface area contributed by atoms with E-state index in [1.165, 1.54) is 0 Å². The standard InChI is InChI=1S/C19H18F2N4O/c20-14-9-16-17(10-15(14)21)25-19(24-16)11-3-5-12(6-4-11)23-18(26)8-13-2-1-7-22-13/h3-6,9-10,13,22H,1-2,7-8H2,(H,23,26)(H,24,25). The van der Waals surface area contributed by atoms with Crippen LogP contribution in [0, 0.1) is 11.6 Å². The van der Waals surface area contributed by atoms with Gasteiger partial charge in [0.25, 0.3) is 0 Å². The molecule has 1 saturated heterocycles. The highest BCUT2D eigenvalue weighted by Crippen LogP contribution is 2.24. The van der Waals surface area contributed by atoms with E-state index in [-0.39, 0.29) is 11.9 Å². The van der Waals surface area contributed by atoms with Gasteiger partial charge in [0, 0.05) is 35.8 Å². The van der Waals surface area contributed by atoms with Crippen molar-refractivity contribution in [3.63, 3.8) is 0 Å². The SMILES string of the molecule is O=C(CC1CCCN1)Nc1ccc(-c2nc3cc(F)c(F)cc3[nH]2)cc1. The molecule has 0 saturated carbocycles. The molecule has 1 aromatic heterocycles. The zero-order valence-corrected chi connectivity index (χ0v) is 14.0. The normalized spacial score (nSPS) is 16.9. The molecule has 0 radical (unpaired) electrons. The van der Waals surface area contributed by atoms with Gasteiger partial charge in [0.2, 0.25) is 5.91 Å². The Balaban J connectivity index is 1.47. The van der Waals surface area contributed by atoms with Crippen molar-refractivity contribution in [2.45, 2.75) is 25.3 Å². The molecule has 3 aromatic rings. The summed E-state index contributed by atoms with van der Waals surface area (Å²) in [6, 6.07) is 9.57. The van der Waals surface area contributed by atoms with Crippen LogP contribution in [0.25, 0.3) is 22.4 Å². The predicted octanol–water partition coefficient (Wildman–Crippen LogP) is 3.59. The van der Waals surface area contributed by atoms with Gasteiger partial charge in [-0.3, -0.25) is 4.79 Å². The van der Waals surface area contributed by atoms with Crippen LogP contribution in [0.5, 0.6) is 0 Å². The van der Waals surface area contributed by atoms with Gasteiger partial charge < -0.3 is 15.6 Å². The highest BCUT2D eigenvalue weighted by molar-refractivity contribution is 5.91. The summed E-state index contributed by atoms with van der Waals surface area (Å²) < 4.78 is 26.6. The summed E-state index contributed by atoms with van der Waals surface area (Å²) in [7, 11) is 0. The van der Waals surface area contributed by atoms with E-state index in [0.29, 0.717) is 29.0 Å². The molecule has 1 fully saturated rings. The summed E-state index contributed by atoms with van der Waals surface area (Å²) in [5.74, 6) is -1.35. The number of aromatic nitrogens is 2. The lowest BCUT2D eigenvalue weighted by Gasteiger charge is -2.10. The lowest BCUT2D eigenvalue weighted by Crippen LogP contribution is -2.27. The Labute approximate surface area is 148 Å². The molecule has 0 spiro atoms. The number of carbonyl (C=O) groups excluding carboxylic acids is 1. The number of H-pyrrole nitrogens is 1. The van der Waals surface area contributed by atoms with E-state index in [9.17, 15) is 13.6 Å². The lowest BCUT2D eigenvalue weighted by atomic mass is 10.1. The maximum atomic E-state index is 13.3. The number of benzene rings is 2. The average Bonchev–Trinajstić information content (AvgIpc) is 3.25. The number of imidazole rings is 1. The zero-order chi connectivity index (χ0) is 18.1. The quantitative estimate of drug-likeness (QED) is 0.669. The summed E-state index contributed by atoms with van der Waals surface area (Å²) >= 11 is 0. The van der Waals surface area contributed by atoms with E-state index in [1.54, 1.807) is 24.3 Å². The monoisotopic (exact) mass is 356 g/mol. The number of nitrogens with one attached hydrogen (secondary N) is 3. The van der Waals surface area contributed by atoms with Crippen molar-refractivity contribution in [1.82, 2.24) is 15.3 Å². The number of aromatic amines is 1. The zero-order valence-electron chi connectivity index (χ0n) is 14.0. The summed E-state index contributed by atoms with van der Waals surface area (Å²) in [6.07, 6.45) is 2.60. The highest BCUT2D eigenvalue weighted by Gasteiger charge is 2.17. The molecule has 1 amide bonds. The third kappa shape index (κ3) is 3.43. The molecule has 26 heavy (non-hydrogen) atoms. The first-order valence-electron chi connectivity index (χ1n) is 8.57. The third-order valence-electron chi connectivity index (χ3n) is 4.56. The van der Waals surface area contributed by atoms with Gasteiger partial charge >= 0.3 is 0 Å². The van der Waals surface area contributed by atoms with Crippen LogP contribution in [0.15, 0.2) is 36.4 Å². The van der Waals surface area contributed by atoms with Crippen molar-refractivity contribution in [2.75, 3.05) is 11.9 Å². The number of anilines is 1. The van der Waals surface area contributed by atoms with Crippen LogP contribution in [-0.4, -0.2) is 28.5 Å². The lowest BCUT2D eigenvalue weighted by molar-refractivity contribution is -0.116.